The molecule has 1 fully saturated rings. The van der Waals surface area contributed by atoms with Crippen molar-refractivity contribution in [3.63, 3.8) is 0 Å². The van der Waals surface area contributed by atoms with Gasteiger partial charge in [-0.05, 0) is 43.0 Å². The zero-order chi connectivity index (χ0) is 21.6. The minimum Gasteiger partial charge on any atom is -0.346 e. The van der Waals surface area contributed by atoms with E-state index in [-0.39, 0.29) is 24.1 Å². The number of rotatable bonds is 9. The van der Waals surface area contributed by atoms with E-state index in [9.17, 15) is 9.59 Å². The molecule has 0 spiro atoms. The van der Waals surface area contributed by atoms with Gasteiger partial charge in [0.15, 0.2) is 0 Å². The highest BCUT2D eigenvalue weighted by Gasteiger charge is 2.30. The molecule has 1 aromatic heterocycles. The first-order valence-electron chi connectivity index (χ1n) is 10.4. The number of carbonyl (C=O) groups is 2. The average molecular weight is 436 g/mol. The molecule has 0 atom stereocenters. The Labute approximate surface area is 185 Å². The highest BCUT2D eigenvalue weighted by atomic mass is 32.2. The van der Waals surface area contributed by atoms with Crippen LogP contribution >= 0.6 is 11.8 Å². The number of carbonyl (C=O) groups excluding carboxylic acids is 2. The average Bonchev–Trinajstić information content (AvgIpc) is 3.56. The van der Waals surface area contributed by atoms with Crippen LogP contribution in [-0.2, 0) is 16.0 Å². The number of anilines is 1. The van der Waals surface area contributed by atoms with Crippen LogP contribution in [0.3, 0.4) is 0 Å². The maximum atomic E-state index is 12.2. The Kier molecular flexibility index (Phi) is 6.66. The molecule has 2 aromatic carbocycles. The molecule has 0 unspecified atom stereocenters. The number of hydrogen-bond acceptors (Lipinski definition) is 5. The Balaban J connectivity index is 1.29. The molecule has 4 rings (SSSR count). The van der Waals surface area contributed by atoms with Crippen molar-refractivity contribution in [1.82, 2.24) is 20.1 Å². The third-order valence-electron chi connectivity index (χ3n) is 5.01. The summed E-state index contributed by atoms with van der Waals surface area (Å²) < 4.78 is 1.87. The standard InChI is InChI=1S/C23H25N5O2S/c1-2-16-8-6-7-11-19(16)25-20(29)14-24-21(30)15-31-23-26-22(17-12-13-17)28(27-23)18-9-4-3-5-10-18/h3-11,17H,2,12-15H2,1H3,(H,24,30)(H,25,29). The van der Waals surface area contributed by atoms with Gasteiger partial charge >= 0.3 is 0 Å². The van der Waals surface area contributed by atoms with Crippen LogP contribution in [0, 0.1) is 0 Å². The Morgan fingerprint density at radius 2 is 1.81 bits per heavy atom. The van der Waals surface area contributed by atoms with Gasteiger partial charge in [-0.25, -0.2) is 9.67 Å². The molecule has 0 aliphatic heterocycles. The predicted molar refractivity (Wildman–Crippen MR) is 122 cm³/mol. The van der Waals surface area contributed by atoms with Crippen molar-refractivity contribution in [2.45, 2.75) is 37.3 Å². The first kappa shape index (κ1) is 21.1. The summed E-state index contributed by atoms with van der Waals surface area (Å²) in [4.78, 5) is 29.1. The van der Waals surface area contributed by atoms with Crippen LogP contribution in [0.5, 0.6) is 0 Å². The van der Waals surface area contributed by atoms with Crippen LogP contribution in [0.4, 0.5) is 5.69 Å². The molecule has 3 aromatic rings. The first-order chi connectivity index (χ1) is 15.1. The lowest BCUT2D eigenvalue weighted by Crippen LogP contribution is -2.34. The molecular weight excluding hydrogens is 410 g/mol. The minimum absolute atomic E-state index is 0.0728. The van der Waals surface area contributed by atoms with Gasteiger partial charge in [0.2, 0.25) is 17.0 Å². The normalized spacial score (nSPS) is 13.1. The fourth-order valence-corrected chi connectivity index (χ4v) is 3.90. The fourth-order valence-electron chi connectivity index (χ4n) is 3.24. The van der Waals surface area contributed by atoms with Gasteiger partial charge in [-0.2, -0.15) is 0 Å². The molecule has 0 radical (unpaired) electrons. The molecule has 1 heterocycles. The summed E-state index contributed by atoms with van der Waals surface area (Å²) in [6.07, 6.45) is 3.06. The van der Waals surface area contributed by atoms with Crippen LogP contribution < -0.4 is 10.6 Å². The Morgan fingerprint density at radius 1 is 1.06 bits per heavy atom. The molecular formula is C23H25N5O2S. The number of aromatic nitrogens is 3. The van der Waals surface area contributed by atoms with E-state index in [0.717, 1.165) is 42.0 Å². The van der Waals surface area contributed by atoms with Gasteiger partial charge < -0.3 is 10.6 Å². The van der Waals surface area contributed by atoms with E-state index in [0.29, 0.717) is 11.1 Å². The maximum absolute atomic E-state index is 12.2. The second-order valence-electron chi connectivity index (χ2n) is 7.40. The molecule has 7 nitrogen and oxygen atoms in total. The minimum atomic E-state index is -0.248. The number of thioether (sulfide) groups is 1. The summed E-state index contributed by atoms with van der Waals surface area (Å²) in [5.74, 6) is 1.06. The second-order valence-corrected chi connectivity index (χ2v) is 8.34. The lowest BCUT2D eigenvalue weighted by molar-refractivity contribution is -0.122. The van der Waals surface area contributed by atoms with Gasteiger partial charge in [0, 0.05) is 11.6 Å². The SMILES string of the molecule is CCc1ccccc1NC(=O)CNC(=O)CSc1nc(C2CC2)n(-c2ccccc2)n1. The van der Waals surface area contributed by atoms with E-state index >= 15 is 0 Å². The second kappa shape index (κ2) is 9.78. The number of aryl methyl sites for hydroxylation is 1. The smallest absolute Gasteiger partial charge is 0.243 e. The van der Waals surface area contributed by atoms with E-state index in [1.54, 1.807) is 0 Å². The zero-order valence-corrected chi connectivity index (χ0v) is 18.2. The van der Waals surface area contributed by atoms with Crippen molar-refractivity contribution in [2.75, 3.05) is 17.6 Å². The first-order valence-corrected chi connectivity index (χ1v) is 11.4. The zero-order valence-electron chi connectivity index (χ0n) is 17.4. The number of para-hydroxylation sites is 2. The van der Waals surface area contributed by atoms with E-state index in [1.165, 1.54) is 11.8 Å². The van der Waals surface area contributed by atoms with Gasteiger partial charge in [0.25, 0.3) is 0 Å². The molecule has 0 saturated heterocycles. The van der Waals surface area contributed by atoms with Crippen LogP contribution in [0.25, 0.3) is 5.69 Å². The van der Waals surface area contributed by atoms with E-state index in [2.05, 4.69) is 20.7 Å². The molecule has 2 N–H and O–H groups in total. The topological polar surface area (TPSA) is 88.9 Å². The monoisotopic (exact) mass is 435 g/mol. The van der Waals surface area contributed by atoms with Crippen molar-refractivity contribution >= 4 is 29.3 Å². The molecule has 160 valence electrons. The summed E-state index contributed by atoms with van der Waals surface area (Å²) >= 11 is 1.28. The number of amides is 2. The summed E-state index contributed by atoms with van der Waals surface area (Å²) in [6, 6.07) is 17.6. The number of nitrogens with zero attached hydrogens (tertiary/aromatic N) is 3. The van der Waals surface area contributed by atoms with Crippen molar-refractivity contribution in [3.8, 4) is 5.69 Å². The van der Waals surface area contributed by atoms with E-state index in [1.807, 2.05) is 66.2 Å². The number of benzene rings is 2. The van der Waals surface area contributed by atoms with E-state index < -0.39 is 0 Å². The molecule has 31 heavy (non-hydrogen) atoms. The van der Waals surface area contributed by atoms with Gasteiger partial charge in [0.1, 0.15) is 5.82 Å². The van der Waals surface area contributed by atoms with Crippen molar-refractivity contribution in [3.05, 3.63) is 66.0 Å². The lowest BCUT2D eigenvalue weighted by Gasteiger charge is -2.10. The number of nitrogens with one attached hydrogen (secondary N) is 2. The van der Waals surface area contributed by atoms with Crippen LogP contribution in [0.2, 0.25) is 0 Å². The molecule has 1 saturated carbocycles. The molecule has 2 amide bonds. The van der Waals surface area contributed by atoms with Gasteiger partial charge in [-0.3, -0.25) is 9.59 Å². The van der Waals surface area contributed by atoms with E-state index in [4.69, 9.17) is 0 Å². The third kappa shape index (κ3) is 5.52. The third-order valence-corrected chi connectivity index (χ3v) is 5.84. The lowest BCUT2D eigenvalue weighted by atomic mass is 10.1. The van der Waals surface area contributed by atoms with Crippen LogP contribution in [0.1, 0.15) is 37.1 Å². The maximum Gasteiger partial charge on any atom is 0.243 e. The van der Waals surface area contributed by atoms with Gasteiger partial charge in [0.05, 0.1) is 18.0 Å². The Hall–Kier alpha value is -3.13. The van der Waals surface area contributed by atoms with Crippen LogP contribution in [-0.4, -0.2) is 38.9 Å². The summed E-state index contributed by atoms with van der Waals surface area (Å²) in [7, 11) is 0. The molecule has 8 heteroatoms. The highest BCUT2D eigenvalue weighted by molar-refractivity contribution is 7.99. The van der Waals surface area contributed by atoms with Gasteiger partial charge in [-0.1, -0.05) is 55.1 Å². The Bertz CT molecular complexity index is 1060. The quantitative estimate of drug-likeness (QED) is 0.502. The van der Waals surface area contributed by atoms with Crippen molar-refractivity contribution in [1.29, 1.82) is 0 Å². The molecule has 1 aliphatic carbocycles. The van der Waals surface area contributed by atoms with Gasteiger partial charge in [-0.15, -0.1) is 5.10 Å². The molecule has 1 aliphatic rings. The van der Waals surface area contributed by atoms with Crippen molar-refractivity contribution in [2.24, 2.45) is 0 Å². The molecule has 0 bridgehead atoms. The van der Waals surface area contributed by atoms with Crippen molar-refractivity contribution < 1.29 is 9.59 Å². The highest BCUT2D eigenvalue weighted by Crippen LogP contribution is 2.40. The largest absolute Gasteiger partial charge is 0.346 e. The number of hydrogen-bond donors (Lipinski definition) is 2. The summed E-state index contributed by atoms with van der Waals surface area (Å²) in [6.45, 7) is 1.96. The fraction of sp³-hybridized carbons (Fsp3) is 0.304. The summed E-state index contributed by atoms with van der Waals surface area (Å²) in [5, 5.41) is 10.7. The summed E-state index contributed by atoms with van der Waals surface area (Å²) in [5.41, 5.74) is 2.81. The Morgan fingerprint density at radius 3 is 2.55 bits per heavy atom. The predicted octanol–water partition coefficient (Wildman–Crippen LogP) is 3.55. The van der Waals surface area contributed by atoms with Crippen LogP contribution in [0.15, 0.2) is 59.8 Å².